The normalized spacial score (nSPS) is 50.2. The van der Waals surface area contributed by atoms with Gasteiger partial charge in [0.05, 0.1) is 17.1 Å². The van der Waals surface area contributed by atoms with Crippen LogP contribution in [0.5, 0.6) is 0 Å². The number of hydrogen-bond donors (Lipinski definition) is 2. The van der Waals surface area contributed by atoms with Crippen molar-refractivity contribution < 1.29 is 24.5 Å². The monoisotopic (exact) mass is 511 g/mol. The minimum atomic E-state index is -1.01. The molecular weight excluding hydrogens is 466 g/mol. The van der Waals surface area contributed by atoms with Gasteiger partial charge >= 0.3 is 5.97 Å². The van der Waals surface area contributed by atoms with E-state index in [1.807, 2.05) is 19.9 Å². The van der Waals surface area contributed by atoms with Crippen LogP contribution in [0.2, 0.25) is 0 Å². The quantitative estimate of drug-likeness (QED) is 0.455. The lowest BCUT2D eigenvalue weighted by Gasteiger charge is -2.67. The Morgan fingerprint density at radius 1 is 1.00 bits per heavy atom. The van der Waals surface area contributed by atoms with Gasteiger partial charge in [-0.2, -0.15) is 5.26 Å². The third-order valence-electron chi connectivity index (χ3n) is 12.8. The van der Waals surface area contributed by atoms with Crippen LogP contribution >= 0.6 is 0 Å². The number of nitrogens with zero attached hydrogens (tertiary/aromatic N) is 1. The van der Waals surface area contributed by atoms with Gasteiger partial charge in [0.1, 0.15) is 6.07 Å². The third kappa shape index (κ3) is 3.35. The number of hydrogen-bond acceptors (Lipinski definition) is 5. The molecule has 0 amide bonds. The van der Waals surface area contributed by atoms with Gasteiger partial charge < -0.3 is 14.9 Å². The summed E-state index contributed by atoms with van der Waals surface area (Å²) in [4.78, 5) is 26.1. The molecule has 1 aliphatic heterocycles. The molecule has 0 aromatic carbocycles. The third-order valence-corrected chi connectivity index (χ3v) is 12.8. The van der Waals surface area contributed by atoms with E-state index in [9.17, 15) is 25.1 Å². The first-order chi connectivity index (χ1) is 17.0. The molecule has 204 valence electrons. The Bertz CT molecular complexity index is 1100. The summed E-state index contributed by atoms with van der Waals surface area (Å²) in [7, 11) is 0. The van der Waals surface area contributed by atoms with Crippen molar-refractivity contribution in [3.05, 3.63) is 11.6 Å². The standard InChI is InChI=1S/C31H45NO5/c1-26(2)10-12-31(25(35)36)13-11-30(7)24(19(31)16-26)37-22(33)14-21-28(5)15-18(17-32)23(34)27(3,4)20(28)8-9-29(21,30)6/h15,19-22,24,33H,8-14,16H2,1-7H3,(H,35,36)/t19?,20-,21+,22?,24?,28-,29+,30+,31?/m0/s1. The minimum Gasteiger partial charge on any atom is -0.481 e. The molecule has 3 saturated carbocycles. The number of ether oxygens (including phenoxy) is 1. The first-order valence-electron chi connectivity index (χ1n) is 14.2. The Hall–Kier alpha value is -1.71. The van der Waals surface area contributed by atoms with Crippen molar-refractivity contribution in [1.29, 1.82) is 5.26 Å². The van der Waals surface area contributed by atoms with Crippen LogP contribution in [0.15, 0.2) is 11.6 Å². The zero-order valence-corrected chi connectivity index (χ0v) is 23.7. The van der Waals surface area contributed by atoms with Crippen molar-refractivity contribution in [3.63, 3.8) is 0 Å². The number of carboxylic acids is 1. The Kier molecular flexibility index (Phi) is 5.75. The summed E-state index contributed by atoms with van der Waals surface area (Å²) in [5.74, 6) is -0.913. The molecule has 1 saturated heterocycles. The molecule has 37 heavy (non-hydrogen) atoms. The topological polar surface area (TPSA) is 108 Å². The van der Waals surface area contributed by atoms with Gasteiger partial charge in [-0.1, -0.05) is 54.5 Å². The van der Waals surface area contributed by atoms with Crippen molar-refractivity contribution in [2.45, 2.75) is 112 Å². The molecular formula is C31H45NO5. The van der Waals surface area contributed by atoms with Crippen molar-refractivity contribution in [3.8, 4) is 6.07 Å². The van der Waals surface area contributed by atoms with Crippen molar-refractivity contribution in [1.82, 2.24) is 0 Å². The van der Waals surface area contributed by atoms with E-state index < -0.39 is 28.5 Å². The first kappa shape index (κ1) is 26.9. The average molecular weight is 512 g/mol. The number of nitriles is 1. The van der Waals surface area contributed by atoms with Crippen LogP contribution in [0.1, 0.15) is 99.8 Å². The molecule has 6 heteroatoms. The highest BCUT2D eigenvalue weighted by atomic mass is 16.6. The molecule has 4 aliphatic carbocycles. The van der Waals surface area contributed by atoms with Crippen LogP contribution in [-0.2, 0) is 14.3 Å². The van der Waals surface area contributed by atoms with Crippen LogP contribution in [0.25, 0.3) is 0 Å². The predicted molar refractivity (Wildman–Crippen MR) is 139 cm³/mol. The number of aliphatic hydroxyl groups excluding tert-OH is 1. The summed E-state index contributed by atoms with van der Waals surface area (Å²) in [6.45, 7) is 15.2. The van der Waals surface area contributed by atoms with Crippen LogP contribution in [-0.4, -0.2) is 34.4 Å². The molecule has 5 aliphatic rings. The fraction of sp³-hybridized carbons (Fsp3) is 0.839. The van der Waals surface area contributed by atoms with Gasteiger partial charge in [-0.3, -0.25) is 9.59 Å². The predicted octanol–water partition coefficient (Wildman–Crippen LogP) is 5.89. The van der Waals surface area contributed by atoms with Gasteiger partial charge in [0.25, 0.3) is 0 Å². The van der Waals surface area contributed by atoms with E-state index in [2.05, 4.69) is 40.7 Å². The van der Waals surface area contributed by atoms with Crippen LogP contribution in [0.4, 0.5) is 0 Å². The maximum Gasteiger partial charge on any atom is 0.310 e. The van der Waals surface area contributed by atoms with E-state index in [4.69, 9.17) is 4.74 Å². The summed E-state index contributed by atoms with van der Waals surface area (Å²) < 4.78 is 6.60. The number of aliphatic carboxylic acids is 1. The number of aliphatic hydroxyl groups is 1. The van der Waals surface area contributed by atoms with E-state index in [0.29, 0.717) is 19.3 Å². The highest BCUT2D eigenvalue weighted by Crippen LogP contribution is 2.73. The summed E-state index contributed by atoms with van der Waals surface area (Å²) in [5.41, 5.74) is -2.27. The molecule has 0 radical (unpaired) electrons. The Morgan fingerprint density at radius 3 is 2.27 bits per heavy atom. The van der Waals surface area contributed by atoms with Crippen LogP contribution < -0.4 is 0 Å². The average Bonchev–Trinajstić information content (AvgIpc) is 2.89. The fourth-order valence-corrected chi connectivity index (χ4v) is 10.4. The maximum atomic E-state index is 13.2. The second-order valence-corrected chi connectivity index (χ2v) is 15.2. The highest BCUT2D eigenvalue weighted by Gasteiger charge is 2.71. The minimum absolute atomic E-state index is 0.00611. The van der Waals surface area contributed by atoms with Gasteiger partial charge in [-0.15, -0.1) is 0 Å². The Labute approximate surface area is 221 Å². The summed E-state index contributed by atoms with van der Waals surface area (Å²) in [6.07, 6.45) is 6.39. The van der Waals surface area contributed by atoms with Crippen molar-refractivity contribution in [2.24, 2.45) is 50.2 Å². The maximum absolute atomic E-state index is 13.2. The molecule has 0 spiro atoms. The van der Waals surface area contributed by atoms with E-state index in [1.54, 1.807) is 0 Å². The summed E-state index contributed by atoms with van der Waals surface area (Å²) in [6, 6.07) is 2.18. The van der Waals surface area contributed by atoms with Gasteiger partial charge in [0.2, 0.25) is 0 Å². The molecule has 0 aromatic heterocycles. The molecule has 0 aromatic rings. The van der Waals surface area contributed by atoms with Crippen molar-refractivity contribution in [2.75, 3.05) is 0 Å². The second-order valence-electron chi connectivity index (χ2n) is 15.2. The molecule has 5 rings (SSSR count). The van der Waals surface area contributed by atoms with Gasteiger partial charge in [-0.05, 0) is 78.4 Å². The number of fused-ring (bicyclic) bond motifs is 7. The van der Waals surface area contributed by atoms with Crippen LogP contribution in [0, 0.1) is 61.6 Å². The largest absolute Gasteiger partial charge is 0.481 e. The van der Waals surface area contributed by atoms with Crippen LogP contribution in [0.3, 0.4) is 0 Å². The smallest absolute Gasteiger partial charge is 0.310 e. The van der Waals surface area contributed by atoms with E-state index in [1.165, 1.54) is 0 Å². The van der Waals surface area contributed by atoms with Crippen molar-refractivity contribution >= 4 is 11.8 Å². The zero-order valence-electron chi connectivity index (χ0n) is 23.7. The fourth-order valence-electron chi connectivity index (χ4n) is 10.4. The number of Topliss-reactive ketones (excluding diaryl/α,β-unsaturated/α-hetero) is 1. The number of allylic oxidation sites excluding steroid dienone is 2. The SMILES string of the molecule is CC1(C)CCC2(C(=O)O)CC[C@]3(C)C(OC(O)C[C@@H]4[C@@]5(C)C=C(C#N)C(=O)C(C)(C)[C@@H]5CC[C@]43C)C2C1. The first-order valence-corrected chi connectivity index (χ1v) is 14.2. The van der Waals surface area contributed by atoms with E-state index >= 15 is 0 Å². The molecule has 6 nitrogen and oxygen atoms in total. The molecule has 4 unspecified atom stereocenters. The van der Waals surface area contributed by atoms with Gasteiger partial charge in [0, 0.05) is 17.8 Å². The molecule has 1 heterocycles. The van der Waals surface area contributed by atoms with E-state index in [0.717, 1.165) is 32.1 Å². The highest BCUT2D eigenvalue weighted by molar-refractivity contribution is 6.04. The molecule has 9 atom stereocenters. The lowest BCUT2D eigenvalue weighted by Crippen LogP contribution is -2.66. The van der Waals surface area contributed by atoms with Gasteiger partial charge in [0.15, 0.2) is 12.1 Å². The Morgan fingerprint density at radius 2 is 1.65 bits per heavy atom. The number of carboxylic acid groups (broad SMARTS) is 1. The molecule has 4 fully saturated rings. The summed E-state index contributed by atoms with van der Waals surface area (Å²) in [5, 5.41) is 31.9. The molecule has 2 N–H and O–H groups in total. The number of ketones is 1. The van der Waals surface area contributed by atoms with E-state index in [-0.39, 0.29) is 51.5 Å². The number of rotatable bonds is 1. The Balaban J connectivity index is 1.67. The lowest BCUT2D eigenvalue weighted by atomic mass is 9.36. The second kappa shape index (κ2) is 7.92. The molecule has 0 bridgehead atoms. The number of carbonyl (C=O) groups is 2. The zero-order chi connectivity index (χ0) is 27.4. The lowest BCUT2D eigenvalue weighted by molar-refractivity contribution is -0.246. The number of carbonyl (C=O) groups excluding carboxylic acids is 1. The summed E-state index contributed by atoms with van der Waals surface area (Å²) >= 11 is 0. The van der Waals surface area contributed by atoms with Gasteiger partial charge in [-0.25, -0.2) is 0 Å².